The van der Waals surface area contributed by atoms with Crippen molar-refractivity contribution >= 4 is 39.1 Å². The number of fused-ring (bicyclic) bond motifs is 1. The van der Waals surface area contributed by atoms with Gasteiger partial charge in [0, 0.05) is 18.1 Å². The number of methoxy groups -OCH3 is 1. The molecule has 0 atom stereocenters. The van der Waals surface area contributed by atoms with E-state index in [1.165, 1.54) is 29.9 Å². The van der Waals surface area contributed by atoms with Crippen LogP contribution < -0.4 is 10.6 Å². The molecule has 0 radical (unpaired) electrons. The summed E-state index contributed by atoms with van der Waals surface area (Å²) in [5.41, 5.74) is 0.392. The number of anilines is 2. The predicted molar refractivity (Wildman–Crippen MR) is 122 cm³/mol. The zero-order chi connectivity index (χ0) is 24.8. The van der Waals surface area contributed by atoms with E-state index in [4.69, 9.17) is 4.74 Å². The molecule has 0 saturated heterocycles. The summed E-state index contributed by atoms with van der Waals surface area (Å²) in [5, 5.41) is 13.4. The average Bonchev–Trinajstić information content (AvgIpc) is 3.18. The molecular weight excluding hydrogens is 485 g/mol. The minimum atomic E-state index is -4.74. The van der Waals surface area contributed by atoms with Gasteiger partial charge in [0.2, 0.25) is 0 Å². The second-order valence-electron chi connectivity index (χ2n) is 8.14. The van der Waals surface area contributed by atoms with Gasteiger partial charge in [-0.1, -0.05) is 11.3 Å². The average molecular weight is 504 g/mol. The molecule has 182 valence electrons. The number of thiazole rings is 1. The van der Waals surface area contributed by atoms with E-state index in [0.29, 0.717) is 17.8 Å². The number of amides is 2. The summed E-state index contributed by atoms with van der Waals surface area (Å²) in [6.45, 7) is 2.32. The Kier molecular flexibility index (Phi) is 5.63. The minimum absolute atomic E-state index is 0.149. The molecule has 2 N–H and O–H groups in total. The molecule has 35 heavy (non-hydrogen) atoms. The monoisotopic (exact) mass is 504 g/mol. The van der Waals surface area contributed by atoms with Gasteiger partial charge in [-0.25, -0.2) is 19.7 Å². The smallest absolute Gasteiger partial charge is 0.384 e. The molecule has 1 aliphatic rings. The van der Waals surface area contributed by atoms with Gasteiger partial charge in [-0.15, -0.1) is 4.80 Å². The Morgan fingerprint density at radius 1 is 1.20 bits per heavy atom. The molecule has 4 aromatic heterocycles. The quantitative estimate of drug-likeness (QED) is 0.401. The van der Waals surface area contributed by atoms with Crippen LogP contribution in [0.4, 0.5) is 29.3 Å². The number of aryl methyl sites for hydroxylation is 1. The van der Waals surface area contributed by atoms with Crippen LogP contribution in [0.2, 0.25) is 0 Å². The van der Waals surface area contributed by atoms with Gasteiger partial charge in [-0.05, 0) is 25.8 Å². The SMILES string of the molecule is COCC1(c2c(NC(=O)Nc3cnc(-n4nccn4)c(C(F)(F)F)c3)cnc3sc(C)nc23)CC1. The van der Waals surface area contributed by atoms with Crippen molar-refractivity contribution in [3.05, 3.63) is 47.0 Å². The highest BCUT2D eigenvalue weighted by Crippen LogP contribution is 2.53. The fourth-order valence-corrected chi connectivity index (χ4v) is 4.78. The molecule has 4 heterocycles. The van der Waals surface area contributed by atoms with E-state index in [2.05, 4.69) is 35.8 Å². The number of nitrogens with zero attached hydrogens (tertiary/aromatic N) is 6. The van der Waals surface area contributed by atoms with Gasteiger partial charge in [0.25, 0.3) is 0 Å². The van der Waals surface area contributed by atoms with E-state index in [1.807, 2.05) is 6.92 Å². The summed E-state index contributed by atoms with van der Waals surface area (Å²) in [6, 6.07) is 0.0394. The molecule has 14 heteroatoms. The zero-order valence-corrected chi connectivity index (χ0v) is 19.4. The Bertz CT molecular complexity index is 1400. The molecule has 1 aliphatic carbocycles. The van der Waals surface area contributed by atoms with Gasteiger partial charge in [-0.3, -0.25) is 0 Å². The number of pyridine rings is 2. The third-order valence-corrected chi connectivity index (χ3v) is 6.50. The van der Waals surface area contributed by atoms with Crippen LogP contribution in [0.5, 0.6) is 0 Å². The summed E-state index contributed by atoms with van der Waals surface area (Å²) < 4.78 is 46.4. The van der Waals surface area contributed by atoms with Crippen molar-refractivity contribution in [1.29, 1.82) is 0 Å². The topological polar surface area (TPSA) is 120 Å². The molecule has 5 rings (SSSR count). The van der Waals surface area contributed by atoms with Crippen molar-refractivity contribution in [2.45, 2.75) is 31.4 Å². The lowest BCUT2D eigenvalue weighted by Gasteiger charge is -2.20. The van der Waals surface area contributed by atoms with Gasteiger partial charge >= 0.3 is 12.2 Å². The van der Waals surface area contributed by atoms with Crippen molar-refractivity contribution in [2.24, 2.45) is 0 Å². The van der Waals surface area contributed by atoms with Crippen molar-refractivity contribution in [1.82, 2.24) is 29.9 Å². The van der Waals surface area contributed by atoms with Crippen LogP contribution >= 0.6 is 11.3 Å². The van der Waals surface area contributed by atoms with E-state index in [9.17, 15) is 18.0 Å². The van der Waals surface area contributed by atoms with Crippen LogP contribution in [-0.2, 0) is 16.3 Å². The number of ether oxygens (including phenoxy) is 1. The second-order valence-corrected chi connectivity index (χ2v) is 9.32. The van der Waals surface area contributed by atoms with E-state index >= 15 is 0 Å². The highest BCUT2D eigenvalue weighted by atomic mass is 32.1. The predicted octanol–water partition coefficient (Wildman–Crippen LogP) is 4.32. The van der Waals surface area contributed by atoms with Gasteiger partial charge in [-0.2, -0.15) is 23.4 Å². The molecule has 0 unspecified atom stereocenters. The van der Waals surface area contributed by atoms with Gasteiger partial charge in [0.15, 0.2) is 5.82 Å². The lowest BCUT2D eigenvalue weighted by atomic mass is 9.95. The summed E-state index contributed by atoms with van der Waals surface area (Å²) in [6.07, 6.45) is 2.09. The first kappa shape index (κ1) is 23.1. The maximum Gasteiger partial charge on any atom is 0.420 e. The molecular formula is C21H19F3N8O2S. The first-order chi connectivity index (χ1) is 16.7. The van der Waals surface area contributed by atoms with E-state index < -0.39 is 23.6 Å². The van der Waals surface area contributed by atoms with E-state index in [1.54, 1.807) is 7.11 Å². The normalized spacial score (nSPS) is 14.8. The van der Waals surface area contributed by atoms with E-state index in [-0.39, 0.29) is 11.1 Å². The number of urea groups is 1. The second kappa shape index (κ2) is 8.53. The molecule has 0 spiro atoms. The lowest BCUT2D eigenvalue weighted by molar-refractivity contribution is -0.137. The number of carbonyl (C=O) groups is 1. The molecule has 0 bridgehead atoms. The molecule has 0 aromatic carbocycles. The third kappa shape index (κ3) is 4.41. The molecule has 2 amide bonds. The Morgan fingerprint density at radius 3 is 2.60 bits per heavy atom. The van der Waals surface area contributed by atoms with Crippen LogP contribution in [0.1, 0.15) is 29.0 Å². The van der Waals surface area contributed by atoms with Crippen LogP contribution in [0.25, 0.3) is 16.2 Å². The molecule has 1 fully saturated rings. The lowest BCUT2D eigenvalue weighted by Crippen LogP contribution is -2.24. The van der Waals surface area contributed by atoms with Crippen molar-refractivity contribution < 1.29 is 22.7 Å². The first-order valence-electron chi connectivity index (χ1n) is 10.5. The van der Waals surface area contributed by atoms with Crippen molar-refractivity contribution in [3.63, 3.8) is 0 Å². The van der Waals surface area contributed by atoms with Crippen LogP contribution in [0, 0.1) is 6.92 Å². The summed E-state index contributed by atoms with van der Waals surface area (Å²) >= 11 is 1.44. The van der Waals surface area contributed by atoms with Crippen LogP contribution in [0.15, 0.2) is 30.9 Å². The number of nitrogens with one attached hydrogen (secondary N) is 2. The number of halogens is 3. The van der Waals surface area contributed by atoms with Crippen molar-refractivity contribution in [2.75, 3.05) is 24.4 Å². The third-order valence-electron chi connectivity index (χ3n) is 5.62. The molecule has 0 aliphatic heterocycles. The Hall–Kier alpha value is -3.65. The van der Waals surface area contributed by atoms with Crippen LogP contribution in [-0.4, -0.2) is 49.7 Å². The largest absolute Gasteiger partial charge is 0.420 e. The summed E-state index contributed by atoms with van der Waals surface area (Å²) in [5.74, 6) is -0.500. The fourth-order valence-electron chi connectivity index (χ4n) is 4.01. The number of carbonyl (C=O) groups excluding carboxylic acids is 1. The molecule has 1 saturated carbocycles. The minimum Gasteiger partial charge on any atom is -0.384 e. The van der Waals surface area contributed by atoms with Gasteiger partial charge in [0.05, 0.1) is 47.8 Å². The van der Waals surface area contributed by atoms with Gasteiger partial charge < -0.3 is 15.4 Å². The Morgan fingerprint density at radius 2 is 1.94 bits per heavy atom. The van der Waals surface area contributed by atoms with E-state index in [0.717, 1.165) is 45.3 Å². The zero-order valence-electron chi connectivity index (χ0n) is 18.5. The summed E-state index contributed by atoms with van der Waals surface area (Å²) in [4.78, 5) is 27.2. The maximum atomic E-state index is 13.7. The number of aromatic nitrogens is 6. The number of alkyl halides is 3. The maximum absolute atomic E-state index is 13.7. The van der Waals surface area contributed by atoms with Crippen LogP contribution in [0.3, 0.4) is 0 Å². The van der Waals surface area contributed by atoms with Crippen molar-refractivity contribution in [3.8, 4) is 5.82 Å². The molecule has 4 aromatic rings. The number of rotatable bonds is 6. The fraction of sp³-hybridized carbons (Fsp3) is 0.333. The number of hydrogen-bond donors (Lipinski definition) is 2. The highest BCUT2D eigenvalue weighted by Gasteiger charge is 2.48. The molecule has 10 nitrogen and oxygen atoms in total. The summed E-state index contributed by atoms with van der Waals surface area (Å²) in [7, 11) is 1.61. The standard InChI is InChI=1S/C21H19F3N8O2S/c1-11-29-16-15(20(3-4-20)10-34-2)14(9-26-18(16)35-11)31-19(33)30-12-7-13(21(22,23)24)17(25-8-12)32-27-5-6-28-32/h5-9H,3-4,10H2,1-2H3,(H2,30,31,33). The van der Waals surface area contributed by atoms with Gasteiger partial charge in [0.1, 0.15) is 15.9 Å². The Labute approximate surface area is 200 Å². The number of hydrogen-bond acceptors (Lipinski definition) is 8. The first-order valence-corrected chi connectivity index (χ1v) is 11.3. The Balaban J connectivity index is 1.45. The highest BCUT2D eigenvalue weighted by molar-refractivity contribution is 7.18.